The molecule has 86 valence electrons. The van der Waals surface area contributed by atoms with Gasteiger partial charge in [-0.05, 0) is 24.3 Å². The minimum atomic E-state index is 0.275. The summed E-state index contributed by atoms with van der Waals surface area (Å²) in [5.41, 5.74) is 2.54. The topological polar surface area (TPSA) is 19.1 Å². The molecule has 3 nitrogen and oxygen atoms in total. The lowest BCUT2D eigenvalue weighted by molar-refractivity contribution is 0.343. The van der Waals surface area contributed by atoms with E-state index in [0.717, 1.165) is 0 Å². The summed E-state index contributed by atoms with van der Waals surface area (Å²) in [6.45, 7) is 0.667. The number of nitrogens with zero attached hydrogens (tertiary/aromatic N) is 2. The molecule has 2 heterocycles. The molecule has 16 heavy (non-hydrogen) atoms. The van der Waals surface area contributed by atoms with Crippen molar-refractivity contribution in [3.63, 3.8) is 0 Å². The smallest absolute Gasteiger partial charge is 0.0640 e. The number of aryl methyl sites for hydroxylation is 2. The molecule has 4 heteroatoms. The Morgan fingerprint density at radius 1 is 1.12 bits per heavy atom. The fourth-order valence-electron chi connectivity index (χ4n) is 2.09. The summed E-state index contributed by atoms with van der Waals surface area (Å²) in [4.78, 5) is 0. The van der Waals surface area contributed by atoms with Crippen LogP contribution in [0.3, 0.4) is 0 Å². The molecule has 1 atom stereocenters. The highest BCUT2D eigenvalue weighted by atomic mass is 31.0. The van der Waals surface area contributed by atoms with Crippen LogP contribution in [-0.2, 0) is 18.6 Å². The second kappa shape index (κ2) is 4.86. The van der Waals surface area contributed by atoms with E-state index in [1.54, 1.807) is 0 Å². The monoisotopic (exact) mass is 236 g/mol. The molecular formula is C12H17N2OP. The maximum Gasteiger partial charge on any atom is 0.0640 e. The molecule has 0 aliphatic rings. The average molecular weight is 236 g/mol. The Morgan fingerprint density at radius 2 is 1.62 bits per heavy atom. The maximum atomic E-state index is 5.25. The molecule has 2 rings (SSSR count). The highest BCUT2D eigenvalue weighted by Crippen LogP contribution is 2.25. The molecule has 0 aromatic carbocycles. The summed E-state index contributed by atoms with van der Waals surface area (Å²) >= 11 is 0. The molecule has 0 bridgehead atoms. The molecule has 0 saturated carbocycles. The van der Waals surface area contributed by atoms with Gasteiger partial charge in [-0.1, -0.05) is 0 Å². The van der Waals surface area contributed by atoms with Crippen molar-refractivity contribution < 1.29 is 4.52 Å². The fourth-order valence-corrected chi connectivity index (χ4v) is 2.28. The Labute approximate surface area is 98.3 Å². The summed E-state index contributed by atoms with van der Waals surface area (Å²) in [6.07, 6.45) is 4.13. The second-order valence-electron chi connectivity index (χ2n) is 3.97. The Kier molecular flexibility index (Phi) is 3.47. The third-order valence-corrected chi connectivity index (χ3v) is 3.14. The lowest BCUT2D eigenvalue weighted by Gasteiger charge is -2.18. The fraction of sp³-hybridized carbons (Fsp3) is 0.333. The molecular weight excluding hydrogens is 219 g/mol. The van der Waals surface area contributed by atoms with Crippen molar-refractivity contribution in [1.82, 2.24) is 9.13 Å². The van der Waals surface area contributed by atoms with Crippen LogP contribution in [-0.4, -0.2) is 15.7 Å². The van der Waals surface area contributed by atoms with Crippen LogP contribution in [0.25, 0.3) is 0 Å². The van der Waals surface area contributed by atoms with Gasteiger partial charge in [0.05, 0.1) is 12.5 Å². The normalized spacial score (nSPS) is 11.2. The van der Waals surface area contributed by atoms with Crippen LogP contribution in [0.2, 0.25) is 0 Å². The van der Waals surface area contributed by atoms with Crippen molar-refractivity contribution in [1.29, 1.82) is 0 Å². The van der Waals surface area contributed by atoms with Crippen molar-refractivity contribution in [2.24, 2.45) is 14.1 Å². The number of hydrogen-bond donors (Lipinski definition) is 0. The van der Waals surface area contributed by atoms with Crippen LogP contribution in [0.5, 0.6) is 0 Å². The molecule has 1 unspecified atom stereocenters. The van der Waals surface area contributed by atoms with E-state index >= 15 is 0 Å². The predicted molar refractivity (Wildman–Crippen MR) is 68.3 cm³/mol. The van der Waals surface area contributed by atoms with Gasteiger partial charge in [-0.2, -0.15) is 0 Å². The van der Waals surface area contributed by atoms with Crippen LogP contribution in [0.1, 0.15) is 17.3 Å². The Balaban J connectivity index is 2.39. The van der Waals surface area contributed by atoms with Crippen LogP contribution in [0.4, 0.5) is 0 Å². The molecule has 0 spiro atoms. The molecule has 0 fully saturated rings. The van der Waals surface area contributed by atoms with E-state index < -0.39 is 0 Å². The van der Waals surface area contributed by atoms with Crippen molar-refractivity contribution in [2.45, 2.75) is 5.92 Å². The predicted octanol–water partition coefficient (Wildman–Crippen LogP) is 2.30. The van der Waals surface area contributed by atoms with Gasteiger partial charge < -0.3 is 13.7 Å². The molecule has 2 aromatic heterocycles. The van der Waals surface area contributed by atoms with Gasteiger partial charge in [-0.3, -0.25) is 0 Å². The number of hydrogen-bond acceptors (Lipinski definition) is 1. The zero-order valence-corrected chi connectivity index (χ0v) is 10.8. The average Bonchev–Trinajstić information content (AvgIpc) is 2.84. The lowest BCUT2D eigenvalue weighted by Crippen LogP contribution is -2.13. The first-order valence-corrected chi connectivity index (χ1v) is 5.75. The van der Waals surface area contributed by atoms with Crippen LogP contribution < -0.4 is 0 Å². The van der Waals surface area contributed by atoms with Crippen LogP contribution in [0, 0.1) is 0 Å². The number of rotatable bonds is 4. The van der Waals surface area contributed by atoms with Crippen molar-refractivity contribution in [3.05, 3.63) is 48.0 Å². The first kappa shape index (κ1) is 11.4. The van der Waals surface area contributed by atoms with E-state index in [2.05, 4.69) is 69.4 Å². The van der Waals surface area contributed by atoms with Crippen molar-refractivity contribution in [2.75, 3.05) is 6.61 Å². The zero-order valence-electron chi connectivity index (χ0n) is 9.63. The van der Waals surface area contributed by atoms with Gasteiger partial charge in [0.1, 0.15) is 0 Å². The first-order chi connectivity index (χ1) is 7.74. The van der Waals surface area contributed by atoms with Gasteiger partial charge >= 0.3 is 0 Å². The molecule has 0 amide bonds. The molecule has 0 aliphatic carbocycles. The minimum absolute atomic E-state index is 0.275. The number of aromatic nitrogens is 2. The third-order valence-electron chi connectivity index (χ3n) is 2.94. The summed E-state index contributed by atoms with van der Waals surface area (Å²) < 4.78 is 9.53. The third kappa shape index (κ3) is 2.06. The van der Waals surface area contributed by atoms with Gasteiger partial charge in [-0.25, -0.2) is 0 Å². The molecule has 0 radical (unpaired) electrons. The second-order valence-corrected chi connectivity index (χ2v) is 4.31. The molecule has 2 aromatic rings. The van der Waals surface area contributed by atoms with Crippen LogP contribution in [0.15, 0.2) is 36.7 Å². The summed E-state index contributed by atoms with van der Waals surface area (Å²) in [6, 6.07) is 8.41. The molecule has 0 N–H and O–H groups in total. The quantitative estimate of drug-likeness (QED) is 0.745. The van der Waals surface area contributed by atoms with Crippen molar-refractivity contribution >= 4 is 9.47 Å². The van der Waals surface area contributed by atoms with E-state index in [1.165, 1.54) is 11.4 Å². The van der Waals surface area contributed by atoms with Gasteiger partial charge in [-0.15, -0.1) is 0 Å². The van der Waals surface area contributed by atoms with Crippen LogP contribution >= 0.6 is 9.47 Å². The van der Waals surface area contributed by atoms with Gasteiger partial charge in [0.15, 0.2) is 0 Å². The Morgan fingerprint density at radius 3 is 1.94 bits per heavy atom. The highest BCUT2D eigenvalue weighted by Gasteiger charge is 2.18. The highest BCUT2D eigenvalue weighted by molar-refractivity contribution is 7.09. The van der Waals surface area contributed by atoms with E-state index in [1.807, 2.05) is 0 Å². The Bertz CT molecular complexity index is 421. The summed E-state index contributed by atoms with van der Waals surface area (Å²) in [7, 11) is 6.46. The van der Waals surface area contributed by atoms with E-state index in [9.17, 15) is 0 Å². The summed E-state index contributed by atoms with van der Waals surface area (Å²) in [5.74, 6) is 0.275. The van der Waals surface area contributed by atoms with E-state index in [0.29, 0.717) is 6.61 Å². The van der Waals surface area contributed by atoms with Gasteiger partial charge in [0.2, 0.25) is 0 Å². The molecule has 0 saturated heterocycles. The van der Waals surface area contributed by atoms with Gasteiger partial charge in [0, 0.05) is 47.3 Å². The zero-order chi connectivity index (χ0) is 11.5. The minimum Gasteiger partial charge on any atom is -0.365 e. The Hall–Kier alpha value is -1.05. The van der Waals surface area contributed by atoms with E-state index in [-0.39, 0.29) is 5.92 Å². The lowest BCUT2D eigenvalue weighted by atomic mass is 10.0. The van der Waals surface area contributed by atoms with Gasteiger partial charge in [0.25, 0.3) is 0 Å². The van der Waals surface area contributed by atoms with E-state index in [4.69, 9.17) is 4.52 Å². The van der Waals surface area contributed by atoms with Crippen molar-refractivity contribution in [3.8, 4) is 0 Å². The standard InChI is InChI=1S/C12H17N2OP/c1-13-7-3-5-11(13)10(9-15-16)12-6-4-8-14(12)2/h3-8,10H,9,16H2,1-2H3. The first-order valence-electron chi connectivity index (χ1n) is 5.28. The summed E-state index contributed by atoms with van der Waals surface area (Å²) in [5, 5.41) is 0. The largest absolute Gasteiger partial charge is 0.365 e. The molecule has 0 aliphatic heterocycles. The maximum absolute atomic E-state index is 5.25. The SMILES string of the molecule is Cn1cccc1C(COP)c1cccn1C.